The Kier molecular flexibility index (Phi) is 3.30. The Morgan fingerprint density at radius 2 is 2.21 bits per heavy atom. The molecule has 0 saturated carbocycles. The van der Waals surface area contributed by atoms with Crippen LogP contribution in [0, 0.1) is 11.3 Å². The van der Waals surface area contributed by atoms with Gasteiger partial charge >= 0.3 is 5.97 Å². The van der Waals surface area contributed by atoms with Gasteiger partial charge in [0.2, 0.25) is 0 Å². The number of carboxylic acids is 1. The van der Waals surface area contributed by atoms with Crippen molar-refractivity contribution in [1.29, 1.82) is 0 Å². The maximum atomic E-state index is 11.5. The summed E-state index contributed by atoms with van der Waals surface area (Å²) < 4.78 is 1.95. The number of carbonyl (C=O) groups is 1. The maximum Gasteiger partial charge on any atom is 0.310 e. The second-order valence-electron chi connectivity index (χ2n) is 5.51. The Balaban J connectivity index is 2.45. The van der Waals surface area contributed by atoms with Gasteiger partial charge in [-0.1, -0.05) is 13.8 Å². The van der Waals surface area contributed by atoms with E-state index in [0.717, 1.165) is 16.9 Å². The molecule has 0 spiro atoms. The summed E-state index contributed by atoms with van der Waals surface area (Å²) in [6, 6.07) is 1.89. The lowest BCUT2D eigenvalue weighted by Crippen LogP contribution is -2.36. The van der Waals surface area contributed by atoms with Gasteiger partial charge < -0.3 is 9.67 Å². The van der Waals surface area contributed by atoms with Crippen LogP contribution in [-0.2, 0) is 18.3 Å². The number of rotatable bonds is 4. The fraction of sp³-hybridized carbons (Fsp3) is 0.500. The second-order valence-corrected chi connectivity index (χ2v) is 5.51. The minimum absolute atomic E-state index is 0.0305. The highest BCUT2D eigenvalue weighted by atomic mass is 16.4. The molecule has 2 rings (SSSR count). The van der Waals surface area contributed by atoms with Crippen LogP contribution in [0.25, 0.3) is 11.0 Å². The molecule has 0 aliphatic rings. The van der Waals surface area contributed by atoms with Crippen molar-refractivity contribution < 1.29 is 9.90 Å². The van der Waals surface area contributed by atoms with Crippen LogP contribution in [0.15, 0.2) is 18.5 Å². The van der Waals surface area contributed by atoms with Crippen molar-refractivity contribution in [2.24, 2.45) is 18.4 Å². The molecule has 2 aromatic rings. The van der Waals surface area contributed by atoms with E-state index in [1.54, 1.807) is 19.3 Å². The summed E-state index contributed by atoms with van der Waals surface area (Å²) in [6.45, 7) is 5.63. The number of fused-ring (bicyclic) bond motifs is 1. The van der Waals surface area contributed by atoms with Crippen LogP contribution in [0.3, 0.4) is 0 Å². The van der Waals surface area contributed by atoms with Crippen LogP contribution in [0.5, 0.6) is 0 Å². The van der Waals surface area contributed by atoms with E-state index in [1.807, 2.05) is 31.5 Å². The summed E-state index contributed by atoms with van der Waals surface area (Å²) in [4.78, 5) is 20.1. The molecule has 102 valence electrons. The quantitative estimate of drug-likeness (QED) is 0.916. The van der Waals surface area contributed by atoms with Crippen molar-refractivity contribution >= 4 is 17.0 Å². The van der Waals surface area contributed by atoms with E-state index in [-0.39, 0.29) is 5.92 Å². The number of carboxylic acid groups (broad SMARTS) is 1. The van der Waals surface area contributed by atoms with Crippen LogP contribution in [0.4, 0.5) is 0 Å². The minimum atomic E-state index is -0.817. The van der Waals surface area contributed by atoms with E-state index in [2.05, 4.69) is 9.97 Å². The van der Waals surface area contributed by atoms with Gasteiger partial charge in [-0.05, 0) is 18.9 Å². The molecule has 1 N–H and O–H groups in total. The fourth-order valence-corrected chi connectivity index (χ4v) is 2.11. The van der Waals surface area contributed by atoms with Gasteiger partial charge in [-0.25, -0.2) is 4.98 Å². The largest absolute Gasteiger partial charge is 0.481 e. The molecule has 0 radical (unpaired) electrons. The van der Waals surface area contributed by atoms with Crippen molar-refractivity contribution in [2.75, 3.05) is 0 Å². The third-order valence-corrected chi connectivity index (χ3v) is 4.06. The molecule has 0 amide bonds. The first-order valence-corrected chi connectivity index (χ1v) is 6.35. The number of aryl methyl sites for hydroxylation is 1. The Hall–Kier alpha value is -1.91. The Morgan fingerprint density at radius 1 is 1.53 bits per heavy atom. The van der Waals surface area contributed by atoms with Gasteiger partial charge in [0.25, 0.3) is 0 Å². The van der Waals surface area contributed by atoms with Crippen LogP contribution < -0.4 is 0 Å². The average molecular weight is 261 g/mol. The zero-order valence-electron chi connectivity index (χ0n) is 11.7. The normalized spacial score (nSPS) is 14.8. The topological polar surface area (TPSA) is 68.0 Å². The molecule has 2 aromatic heterocycles. The van der Waals surface area contributed by atoms with Crippen molar-refractivity contribution in [3.63, 3.8) is 0 Å². The van der Waals surface area contributed by atoms with Crippen LogP contribution in [-0.4, -0.2) is 25.6 Å². The monoisotopic (exact) mass is 261 g/mol. The molecule has 0 aliphatic carbocycles. The van der Waals surface area contributed by atoms with Crippen molar-refractivity contribution in [3.05, 3.63) is 24.3 Å². The third-order valence-electron chi connectivity index (χ3n) is 4.06. The van der Waals surface area contributed by atoms with Gasteiger partial charge in [-0.2, -0.15) is 0 Å². The molecule has 1 atom stereocenters. The molecule has 1 unspecified atom stereocenters. The molecule has 0 aliphatic heterocycles. The van der Waals surface area contributed by atoms with E-state index < -0.39 is 11.4 Å². The Labute approximate surface area is 112 Å². The zero-order chi connectivity index (χ0) is 14.2. The van der Waals surface area contributed by atoms with Crippen molar-refractivity contribution in [1.82, 2.24) is 14.5 Å². The van der Waals surface area contributed by atoms with E-state index in [0.29, 0.717) is 6.42 Å². The molecule has 0 saturated heterocycles. The predicted octanol–water partition coefficient (Wildman–Crippen LogP) is 2.26. The van der Waals surface area contributed by atoms with E-state index in [4.69, 9.17) is 0 Å². The summed E-state index contributed by atoms with van der Waals surface area (Å²) in [6.07, 6.45) is 3.82. The first kappa shape index (κ1) is 13.5. The molecular weight excluding hydrogens is 242 g/mol. The van der Waals surface area contributed by atoms with E-state index in [1.165, 1.54) is 0 Å². The summed E-state index contributed by atoms with van der Waals surface area (Å²) in [5.74, 6) is 0.0252. The predicted molar refractivity (Wildman–Crippen MR) is 72.8 cm³/mol. The summed E-state index contributed by atoms with van der Waals surface area (Å²) in [5.41, 5.74) is 0.959. The van der Waals surface area contributed by atoms with Gasteiger partial charge in [-0.15, -0.1) is 0 Å². The number of imidazole rings is 1. The SMILES string of the molecule is CC(C)C(C)(Cc1nc2cnccc2n1C)C(=O)O. The van der Waals surface area contributed by atoms with Crippen molar-refractivity contribution in [3.8, 4) is 0 Å². The van der Waals surface area contributed by atoms with Gasteiger partial charge in [0.15, 0.2) is 0 Å². The van der Waals surface area contributed by atoms with E-state index >= 15 is 0 Å². The third kappa shape index (κ3) is 2.20. The molecule has 0 bridgehead atoms. The highest BCUT2D eigenvalue weighted by molar-refractivity contribution is 5.76. The molecule has 19 heavy (non-hydrogen) atoms. The van der Waals surface area contributed by atoms with Crippen molar-refractivity contribution in [2.45, 2.75) is 27.2 Å². The number of aromatic nitrogens is 3. The Bertz CT molecular complexity index is 618. The summed E-state index contributed by atoms with van der Waals surface area (Å²) in [5, 5.41) is 9.48. The number of hydrogen-bond donors (Lipinski definition) is 1. The lowest BCUT2D eigenvalue weighted by Gasteiger charge is -2.28. The molecule has 5 nitrogen and oxygen atoms in total. The average Bonchev–Trinajstić information content (AvgIpc) is 2.66. The molecule has 0 fully saturated rings. The van der Waals surface area contributed by atoms with Crippen LogP contribution in [0.1, 0.15) is 26.6 Å². The number of hydrogen-bond acceptors (Lipinski definition) is 3. The number of pyridine rings is 1. The van der Waals surface area contributed by atoms with Gasteiger partial charge in [0.05, 0.1) is 17.1 Å². The lowest BCUT2D eigenvalue weighted by atomic mass is 9.76. The molecule has 2 heterocycles. The molecular formula is C14H19N3O2. The Morgan fingerprint density at radius 3 is 2.74 bits per heavy atom. The smallest absolute Gasteiger partial charge is 0.310 e. The maximum absolute atomic E-state index is 11.5. The summed E-state index contributed by atoms with van der Waals surface area (Å²) in [7, 11) is 1.91. The minimum Gasteiger partial charge on any atom is -0.481 e. The van der Waals surface area contributed by atoms with Gasteiger partial charge in [-0.3, -0.25) is 9.78 Å². The summed E-state index contributed by atoms with van der Waals surface area (Å²) >= 11 is 0. The lowest BCUT2D eigenvalue weighted by molar-refractivity contribution is -0.150. The first-order valence-electron chi connectivity index (χ1n) is 6.35. The van der Waals surface area contributed by atoms with Gasteiger partial charge in [0.1, 0.15) is 11.3 Å². The van der Waals surface area contributed by atoms with Crippen LogP contribution in [0.2, 0.25) is 0 Å². The number of aliphatic carboxylic acids is 1. The first-order chi connectivity index (χ1) is 8.86. The molecule has 0 aromatic carbocycles. The number of nitrogens with zero attached hydrogens (tertiary/aromatic N) is 3. The fourth-order valence-electron chi connectivity index (χ4n) is 2.11. The standard InChI is InChI=1S/C14H19N3O2/c1-9(2)14(3,13(18)19)7-12-16-10-8-15-6-5-11(10)17(12)4/h5-6,8-9H,7H2,1-4H3,(H,18,19). The molecule has 5 heteroatoms. The van der Waals surface area contributed by atoms with Gasteiger partial charge in [0, 0.05) is 19.7 Å². The zero-order valence-corrected chi connectivity index (χ0v) is 11.7. The highest BCUT2D eigenvalue weighted by Gasteiger charge is 2.38. The van der Waals surface area contributed by atoms with Crippen LogP contribution >= 0.6 is 0 Å². The highest BCUT2D eigenvalue weighted by Crippen LogP contribution is 2.32. The second kappa shape index (κ2) is 4.64. The van der Waals surface area contributed by atoms with E-state index in [9.17, 15) is 9.90 Å².